The van der Waals surface area contributed by atoms with Gasteiger partial charge in [0.2, 0.25) is 0 Å². The van der Waals surface area contributed by atoms with Crippen LogP contribution in [-0.4, -0.2) is 20.8 Å². The fraction of sp³-hybridized carbons (Fsp3) is 0.864. The van der Waals surface area contributed by atoms with Crippen LogP contribution in [0.2, 0.25) is 18.1 Å². The molecule has 0 saturated carbocycles. The van der Waals surface area contributed by atoms with E-state index in [1.807, 2.05) is 0 Å². The SMILES string of the molecule is CC=C[Si](CC)(CC)CCC=NCCCCCCCCCCCC. The molecule has 0 fully saturated rings. The van der Waals surface area contributed by atoms with Crippen molar-refractivity contribution in [2.24, 2.45) is 4.99 Å². The molecule has 0 aliphatic heterocycles. The first-order chi connectivity index (χ1) is 11.7. The Morgan fingerprint density at radius 3 is 1.79 bits per heavy atom. The Morgan fingerprint density at radius 1 is 0.750 bits per heavy atom. The van der Waals surface area contributed by atoms with Gasteiger partial charge in [-0.05, 0) is 32.0 Å². The first kappa shape index (κ1) is 23.6. The van der Waals surface area contributed by atoms with Gasteiger partial charge in [0.05, 0.1) is 8.07 Å². The standard InChI is InChI=1S/C22H45NSi/c1-5-9-10-11-12-13-14-15-16-17-19-23-20-18-22-24(7-3,8-4)21-6-2/h6,20-21H,5,7-19,22H2,1-4H3. The molecule has 0 aliphatic rings. The quantitative estimate of drug-likeness (QED) is 0.143. The molecule has 0 radical (unpaired) electrons. The van der Waals surface area contributed by atoms with Crippen LogP contribution in [0.1, 0.15) is 98.3 Å². The second-order valence-electron chi connectivity index (χ2n) is 7.38. The van der Waals surface area contributed by atoms with Crippen LogP contribution in [0.5, 0.6) is 0 Å². The van der Waals surface area contributed by atoms with Crippen molar-refractivity contribution >= 4 is 14.3 Å². The zero-order valence-corrected chi connectivity index (χ0v) is 18.3. The molecule has 0 rings (SSSR count). The Labute approximate surface area is 154 Å². The van der Waals surface area contributed by atoms with Crippen molar-refractivity contribution in [1.29, 1.82) is 0 Å². The summed E-state index contributed by atoms with van der Waals surface area (Å²) in [6.07, 6.45) is 19.7. The van der Waals surface area contributed by atoms with E-state index in [9.17, 15) is 0 Å². The fourth-order valence-electron chi connectivity index (χ4n) is 3.50. The molecule has 0 N–H and O–H groups in total. The highest BCUT2D eigenvalue weighted by molar-refractivity contribution is 6.84. The van der Waals surface area contributed by atoms with Gasteiger partial charge in [0, 0.05) is 6.54 Å². The minimum absolute atomic E-state index is 1.05. The molecule has 142 valence electrons. The summed E-state index contributed by atoms with van der Waals surface area (Å²) in [5.74, 6) is 0. The second-order valence-corrected chi connectivity index (χ2v) is 12.4. The first-order valence-corrected chi connectivity index (χ1v) is 13.6. The van der Waals surface area contributed by atoms with Crippen LogP contribution in [0.3, 0.4) is 0 Å². The lowest BCUT2D eigenvalue weighted by atomic mass is 10.1. The van der Waals surface area contributed by atoms with E-state index in [4.69, 9.17) is 0 Å². The molecule has 24 heavy (non-hydrogen) atoms. The topological polar surface area (TPSA) is 12.4 Å². The van der Waals surface area contributed by atoms with Crippen LogP contribution in [0, 0.1) is 0 Å². The summed E-state index contributed by atoms with van der Waals surface area (Å²) >= 11 is 0. The van der Waals surface area contributed by atoms with Gasteiger partial charge in [-0.15, -0.1) is 0 Å². The Balaban J connectivity index is 3.50. The van der Waals surface area contributed by atoms with Crippen molar-refractivity contribution in [3.8, 4) is 0 Å². The van der Waals surface area contributed by atoms with Gasteiger partial charge < -0.3 is 0 Å². The van der Waals surface area contributed by atoms with Crippen LogP contribution in [0.25, 0.3) is 0 Å². The highest BCUT2D eigenvalue weighted by Gasteiger charge is 2.23. The highest BCUT2D eigenvalue weighted by Crippen LogP contribution is 2.23. The summed E-state index contributed by atoms with van der Waals surface area (Å²) < 4.78 is 0. The van der Waals surface area contributed by atoms with E-state index in [1.165, 1.54) is 88.8 Å². The fourth-order valence-corrected chi connectivity index (χ4v) is 6.76. The third kappa shape index (κ3) is 13.0. The molecule has 2 heteroatoms. The molecule has 0 aliphatic carbocycles. The van der Waals surface area contributed by atoms with Gasteiger partial charge in [-0.2, -0.15) is 0 Å². The number of hydrogen-bond acceptors (Lipinski definition) is 1. The Hall–Kier alpha value is -0.373. The minimum atomic E-state index is -1.12. The summed E-state index contributed by atoms with van der Waals surface area (Å²) in [5.41, 5.74) is 2.54. The van der Waals surface area contributed by atoms with Gasteiger partial charge >= 0.3 is 0 Å². The third-order valence-electron chi connectivity index (χ3n) is 5.47. The maximum Gasteiger partial charge on any atom is 0.0772 e. The van der Waals surface area contributed by atoms with Crippen LogP contribution < -0.4 is 0 Å². The van der Waals surface area contributed by atoms with Crippen molar-refractivity contribution in [2.45, 2.75) is 116 Å². The van der Waals surface area contributed by atoms with Gasteiger partial charge in [-0.25, -0.2) is 0 Å². The van der Waals surface area contributed by atoms with Crippen molar-refractivity contribution in [3.05, 3.63) is 11.8 Å². The van der Waals surface area contributed by atoms with Crippen LogP contribution in [0.4, 0.5) is 0 Å². The lowest BCUT2D eigenvalue weighted by Gasteiger charge is -2.24. The van der Waals surface area contributed by atoms with E-state index >= 15 is 0 Å². The van der Waals surface area contributed by atoms with Gasteiger partial charge in [-0.3, -0.25) is 4.99 Å². The first-order valence-electron chi connectivity index (χ1n) is 10.9. The number of nitrogens with zero attached hydrogens (tertiary/aromatic N) is 1. The average Bonchev–Trinajstić information content (AvgIpc) is 2.61. The zero-order chi connectivity index (χ0) is 17.9. The van der Waals surface area contributed by atoms with Crippen LogP contribution >= 0.6 is 0 Å². The summed E-state index contributed by atoms with van der Waals surface area (Å²) in [5, 5.41) is 0. The molecule has 1 nitrogen and oxygen atoms in total. The molecule has 0 bridgehead atoms. The van der Waals surface area contributed by atoms with E-state index in [1.54, 1.807) is 0 Å². The lowest BCUT2D eigenvalue weighted by molar-refractivity contribution is 0.558. The van der Waals surface area contributed by atoms with Crippen molar-refractivity contribution < 1.29 is 0 Å². The molecule has 0 aromatic rings. The Morgan fingerprint density at radius 2 is 1.29 bits per heavy atom. The van der Waals surface area contributed by atoms with Crippen molar-refractivity contribution in [1.82, 2.24) is 0 Å². The normalized spacial score (nSPS) is 12.7. The molecule has 0 saturated heterocycles. The van der Waals surface area contributed by atoms with E-state index in [-0.39, 0.29) is 0 Å². The molecular formula is C22H45NSi. The van der Waals surface area contributed by atoms with E-state index in [0.717, 1.165) is 6.54 Å². The monoisotopic (exact) mass is 351 g/mol. The van der Waals surface area contributed by atoms with Crippen molar-refractivity contribution in [3.63, 3.8) is 0 Å². The van der Waals surface area contributed by atoms with E-state index < -0.39 is 8.07 Å². The molecule has 0 aromatic heterocycles. The van der Waals surface area contributed by atoms with E-state index in [0.29, 0.717) is 0 Å². The van der Waals surface area contributed by atoms with Crippen LogP contribution in [-0.2, 0) is 0 Å². The molecular weight excluding hydrogens is 306 g/mol. The largest absolute Gasteiger partial charge is 0.298 e. The number of allylic oxidation sites excluding steroid dienone is 1. The van der Waals surface area contributed by atoms with Crippen molar-refractivity contribution in [2.75, 3.05) is 6.54 Å². The number of rotatable bonds is 17. The van der Waals surface area contributed by atoms with Gasteiger partial charge in [0.25, 0.3) is 0 Å². The summed E-state index contributed by atoms with van der Waals surface area (Å²) in [7, 11) is -1.12. The minimum Gasteiger partial charge on any atom is -0.298 e. The van der Waals surface area contributed by atoms with Gasteiger partial charge in [0.15, 0.2) is 0 Å². The van der Waals surface area contributed by atoms with Crippen LogP contribution in [0.15, 0.2) is 16.8 Å². The summed E-state index contributed by atoms with van der Waals surface area (Å²) in [6, 6.07) is 4.13. The maximum absolute atomic E-state index is 4.64. The zero-order valence-electron chi connectivity index (χ0n) is 17.3. The lowest BCUT2D eigenvalue weighted by Crippen LogP contribution is -2.29. The number of unbranched alkanes of at least 4 members (excludes halogenated alkanes) is 9. The molecule has 0 heterocycles. The Kier molecular flexibility index (Phi) is 17.2. The molecule has 0 unspecified atom stereocenters. The van der Waals surface area contributed by atoms with E-state index in [2.05, 4.69) is 50.7 Å². The smallest absolute Gasteiger partial charge is 0.0772 e. The molecule has 0 aromatic carbocycles. The number of hydrogen-bond donors (Lipinski definition) is 0. The molecule has 0 spiro atoms. The predicted octanol–water partition coefficient (Wildman–Crippen LogP) is 7.97. The predicted molar refractivity (Wildman–Crippen MR) is 116 cm³/mol. The van der Waals surface area contributed by atoms with Gasteiger partial charge in [-0.1, -0.05) is 102 Å². The number of aliphatic imine (C=N–C) groups is 1. The summed E-state index contributed by atoms with van der Waals surface area (Å²) in [4.78, 5) is 4.64. The average molecular weight is 352 g/mol. The highest BCUT2D eigenvalue weighted by atomic mass is 28.3. The Bertz CT molecular complexity index is 305. The maximum atomic E-state index is 4.64. The second kappa shape index (κ2) is 17.4. The summed E-state index contributed by atoms with van der Waals surface area (Å²) in [6.45, 7) is 10.3. The third-order valence-corrected chi connectivity index (χ3v) is 10.6. The van der Waals surface area contributed by atoms with Gasteiger partial charge in [0.1, 0.15) is 0 Å². The molecule has 0 amide bonds. The molecule has 0 atom stereocenters.